The van der Waals surface area contributed by atoms with Crippen molar-refractivity contribution in [2.45, 2.75) is 0 Å². The number of hydrazine groups is 1. The summed E-state index contributed by atoms with van der Waals surface area (Å²) in [5.41, 5.74) is 2.57. The third kappa shape index (κ3) is 0.463. The van der Waals surface area contributed by atoms with Crippen LogP contribution in [0.15, 0.2) is 10.3 Å². The Labute approximate surface area is 35.8 Å². The zero-order valence-electron chi connectivity index (χ0n) is 3.34. The van der Waals surface area contributed by atoms with Crippen LogP contribution < -0.4 is 5.43 Å². The Hall–Kier alpha value is -0.640. The van der Waals surface area contributed by atoms with Gasteiger partial charge in [0, 0.05) is 7.05 Å². The van der Waals surface area contributed by atoms with Crippen molar-refractivity contribution in [3.05, 3.63) is 6.67 Å². The molecule has 0 fully saturated rings. The SMILES string of the molecule is CN1N=N[C]N1. The summed E-state index contributed by atoms with van der Waals surface area (Å²) in [5.74, 6) is 0. The van der Waals surface area contributed by atoms with E-state index in [9.17, 15) is 0 Å². The van der Waals surface area contributed by atoms with Gasteiger partial charge in [-0.1, -0.05) is 5.22 Å². The molecule has 0 saturated carbocycles. The van der Waals surface area contributed by atoms with Gasteiger partial charge in [0.15, 0.2) is 0 Å². The zero-order chi connectivity index (χ0) is 4.41. The molecule has 0 spiro atoms. The van der Waals surface area contributed by atoms with Crippen molar-refractivity contribution in [2.75, 3.05) is 7.05 Å². The standard InChI is InChI=1S/C2H4N4/c1-6-4-2-3-5-6/h4H,1H3. The van der Waals surface area contributed by atoms with Crippen molar-refractivity contribution in [3.8, 4) is 0 Å². The average Bonchev–Trinajstić information content (AvgIpc) is 1.86. The minimum absolute atomic E-state index is 1.46. The maximum absolute atomic E-state index is 3.47. The van der Waals surface area contributed by atoms with Gasteiger partial charge in [-0.15, -0.1) is 5.11 Å². The van der Waals surface area contributed by atoms with Gasteiger partial charge in [-0.05, 0) is 0 Å². The molecule has 0 aromatic rings. The molecule has 1 aliphatic heterocycles. The monoisotopic (exact) mass is 84.0 g/mol. The fourth-order valence-corrected chi connectivity index (χ4v) is 0.207. The fraction of sp³-hybridized carbons (Fsp3) is 0.500. The summed E-state index contributed by atoms with van der Waals surface area (Å²) in [4.78, 5) is 0. The molecule has 0 atom stereocenters. The highest BCUT2D eigenvalue weighted by Gasteiger charge is 1.96. The number of rotatable bonds is 0. The topological polar surface area (TPSA) is 40.0 Å². The van der Waals surface area contributed by atoms with Crippen molar-refractivity contribution in [1.29, 1.82) is 0 Å². The summed E-state index contributed by atoms with van der Waals surface area (Å²) in [6.07, 6.45) is 0. The Morgan fingerprint density at radius 3 is 2.83 bits per heavy atom. The summed E-state index contributed by atoms with van der Waals surface area (Å²) >= 11 is 0. The average molecular weight is 84.1 g/mol. The van der Waals surface area contributed by atoms with Crippen LogP contribution in [0.5, 0.6) is 0 Å². The lowest BCUT2D eigenvalue weighted by atomic mass is 11.2. The smallest absolute Gasteiger partial charge is 0.212 e. The molecular weight excluding hydrogens is 80.0 g/mol. The summed E-state index contributed by atoms with van der Waals surface area (Å²) in [6.45, 7) is 2.41. The van der Waals surface area contributed by atoms with E-state index >= 15 is 0 Å². The minimum atomic E-state index is 1.46. The molecule has 4 heteroatoms. The van der Waals surface area contributed by atoms with Crippen LogP contribution in [-0.2, 0) is 0 Å². The molecule has 6 heavy (non-hydrogen) atoms. The van der Waals surface area contributed by atoms with Crippen molar-refractivity contribution in [3.63, 3.8) is 0 Å². The Morgan fingerprint density at radius 1 is 1.83 bits per heavy atom. The van der Waals surface area contributed by atoms with E-state index in [2.05, 4.69) is 22.4 Å². The van der Waals surface area contributed by atoms with Gasteiger partial charge in [-0.3, -0.25) is 0 Å². The Balaban J connectivity index is 2.38. The molecule has 0 aliphatic carbocycles. The summed E-state index contributed by atoms with van der Waals surface area (Å²) < 4.78 is 0. The second kappa shape index (κ2) is 1.22. The van der Waals surface area contributed by atoms with E-state index in [1.165, 1.54) is 5.12 Å². The van der Waals surface area contributed by atoms with Crippen molar-refractivity contribution < 1.29 is 0 Å². The molecule has 0 saturated heterocycles. The maximum atomic E-state index is 3.47. The normalized spacial score (nSPS) is 19.8. The molecule has 0 aromatic heterocycles. The van der Waals surface area contributed by atoms with E-state index in [1.807, 2.05) is 0 Å². The Morgan fingerprint density at radius 2 is 2.67 bits per heavy atom. The van der Waals surface area contributed by atoms with E-state index in [-0.39, 0.29) is 0 Å². The van der Waals surface area contributed by atoms with Gasteiger partial charge >= 0.3 is 0 Å². The van der Waals surface area contributed by atoms with E-state index in [0.717, 1.165) is 0 Å². The van der Waals surface area contributed by atoms with Gasteiger partial charge in [-0.25, -0.2) is 5.12 Å². The largest absolute Gasteiger partial charge is 0.243 e. The highest BCUT2D eigenvalue weighted by atomic mass is 15.8. The van der Waals surface area contributed by atoms with Crippen LogP contribution >= 0.6 is 0 Å². The number of hydrogen-bond donors (Lipinski definition) is 1. The molecule has 0 aromatic carbocycles. The molecular formula is C2H4N4. The molecule has 1 heterocycles. The van der Waals surface area contributed by atoms with Gasteiger partial charge < -0.3 is 0 Å². The number of nitrogens with zero attached hydrogens (tertiary/aromatic N) is 3. The molecule has 1 N–H and O–H groups in total. The quantitative estimate of drug-likeness (QED) is 0.441. The molecule has 32 valence electrons. The summed E-state index contributed by atoms with van der Waals surface area (Å²) in [5, 5.41) is 8.28. The van der Waals surface area contributed by atoms with E-state index in [0.29, 0.717) is 0 Å². The number of nitrogens with one attached hydrogen (secondary N) is 1. The molecule has 0 bridgehead atoms. The lowest BCUT2D eigenvalue weighted by Gasteiger charge is -1.97. The van der Waals surface area contributed by atoms with Crippen LogP contribution in [0.3, 0.4) is 0 Å². The van der Waals surface area contributed by atoms with Crippen LogP contribution in [0.25, 0.3) is 0 Å². The van der Waals surface area contributed by atoms with Gasteiger partial charge in [-0.2, -0.15) is 5.43 Å². The molecule has 4 nitrogen and oxygen atoms in total. The third-order valence-electron chi connectivity index (χ3n) is 0.441. The van der Waals surface area contributed by atoms with Gasteiger partial charge in [0.25, 0.3) is 0 Å². The Kier molecular flexibility index (Phi) is 0.719. The first-order valence-corrected chi connectivity index (χ1v) is 1.54. The second-order valence-corrected chi connectivity index (χ2v) is 0.937. The molecule has 2 radical (unpaired) electrons. The first-order valence-electron chi connectivity index (χ1n) is 1.54. The minimum Gasteiger partial charge on any atom is -0.212 e. The number of hydrogen-bond acceptors (Lipinski definition) is 4. The lowest BCUT2D eigenvalue weighted by Crippen LogP contribution is -2.20. The predicted molar refractivity (Wildman–Crippen MR) is 19.0 cm³/mol. The fourth-order valence-electron chi connectivity index (χ4n) is 0.207. The third-order valence-corrected chi connectivity index (χ3v) is 0.441. The van der Waals surface area contributed by atoms with Crippen LogP contribution in [0.2, 0.25) is 0 Å². The van der Waals surface area contributed by atoms with Crippen LogP contribution in [0.1, 0.15) is 0 Å². The molecule has 0 amide bonds. The van der Waals surface area contributed by atoms with Crippen LogP contribution in [0, 0.1) is 6.67 Å². The zero-order valence-corrected chi connectivity index (χ0v) is 3.34. The van der Waals surface area contributed by atoms with Crippen LogP contribution in [0.4, 0.5) is 0 Å². The van der Waals surface area contributed by atoms with E-state index < -0.39 is 0 Å². The lowest BCUT2D eigenvalue weighted by molar-refractivity contribution is 0.301. The molecule has 1 rings (SSSR count). The first kappa shape index (κ1) is 3.55. The van der Waals surface area contributed by atoms with Crippen molar-refractivity contribution >= 4 is 0 Å². The molecule has 0 unspecified atom stereocenters. The maximum Gasteiger partial charge on any atom is 0.243 e. The van der Waals surface area contributed by atoms with Gasteiger partial charge in [0.05, 0.1) is 0 Å². The summed E-state index contributed by atoms with van der Waals surface area (Å²) in [7, 11) is 1.74. The van der Waals surface area contributed by atoms with Crippen molar-refractivity contribution in [1.82, 2.24) is 10.5 Å². The van der Waals surface area contributed by atoms with Gasteiger partial charge in [0.2, 0.25) is 6.67 Å². The van der Waals surface area contributed by atoms with E-state index in [4.69, 9.17) is 0 Å². The van der Waals surface area contributed by atoms with E-state index in [1.54, 1.807) is 7.05 Å². The highest BCUT2D eigenvalue weighted by molar-refractivity contribution is 4.53. The predicted octanol–water partition coefficient (Wildman–Crippen LogP) is -0.200. The highest BCUT2D eigenvalue weighted by Crippen LogP contribution is 1.89. The Bertz CT molecular complexity index is 67.9. The van der Waals surface area contributed by atoms with Crippen molar-refractivity contribution in [2.24, 2.45) is 10.3 Å². The molecule has 1 aliphatic rings. The second-order valence-electron chi connectivity index (χ2n) is 0.937. The summed E-state index contributed by atoms with van der Waals surface area (Å²) in [6, 6.07) is 0. The van der Waals surface area contributed by atoms with Crippen LogP contribution in [-0.4, -0.2) is 12.2 Å². The van der Waals surface area contributed by atoms with Gasteiger partial charge in [0.1, 0.15) is 0 Å². The first-order chi connectivity index (χ1) is 2.89.